The molecule has 3 N–H and O–H groups in total. The van der Waals surface area contributed by atoms with Gasteiger partial charge in [-0.2, -0.15) is 0 Å². The second kappa shape index (κ2) is 6.43. The molecule has 0 aliphatic carbocycles. The quantitative estimate of drug-likeness (QED) is 0.896. The van der Waals surface area contributed by atoms with Crippen molar-refractivity contribution in [3.05, 3.63) is 29.1 Å². The summed E-state index contributed by atoms with van der Waals surface area (Å²) >= 11 is 0. The smallest absolute Gasteiger partial charge is 0.248 e. The van der Waals surface area contributed by atoms with Crippen LogP contribution in [-0.4, -0.2) is 37.0 Å². The number of nitrogens with zero attached hydrogens (tertiary/aromatic N) is 1. The number of benzene rings is 1. The van der Waals surface area contributed by atoms with E-state index in [9.17, 15) is 9.18 Å². The van der Waals surface area contributed by atoms with Crippen LogP contribution in [0, 0.1) is 18.7 Å². The number of anilines is 1. The first-order chi connectivity index (χ1) is 9.88. The van der Waals surface area contributed by atoms with Crippen molar-refractivity contribution in [1.29, 1.82) is 0 Å². The molecule has 1 atom stereocenters. The van der Waals surface area contributed by atoms with Crippen molar-refractivity contribution in [1.82, 2.24) is 4.90 Å². The average molecular weight is 293 g/mol. The topological polar surface area (TPSA) is 58.4 Å². The van der Waals surface area contributed by atoms with E-state index in [0.717, 1.165) is 25.9 Å². The molecule has 1 aliphatic rings. The van der Waals surface area contributed by atoms with Gasteiger partial charge in [-0.05, 0) is 64.9 Å². The van der Waals surface area contributed by atoms with Crippen molar-refractivity contribution < 1.29 is 9.18 Å². The molecule has 0 spiro atoms. The van der Waals surface area contributed by atoms with Gasteiger partial charge in [-0.25, -0.2) is 4.39 Å². The maximum atomic E-state index is 13.9. The van der Waals surface area contributed by atoms with Crippen molar-refractivity contribution in [2.24, 2.45) is 11.7 Å². The molecular weight excluding hydrogens is 269 g/mol. The lowest BCUT2D eigenvalue weighted by molar-refractivity contribution is 0.1000. The van der Waals surface area contributed by atoms with E-state index in [-0.39, 0.29) is 11.6 Å². The molecule has 0 saturated carbocycles. The molecule has 116 valence electrons. The van der Waals surface area contributed by atoms with Gasteiger partial charge < -0.3 is 16.0 Å². The standard InChI is InChI=1S/C16H24FN3O/c1-10-14(17)8-13(16(18)21)9-15(10)19-11(2)12-4-6-20(3)7-5-12/h8-9,11-12,19H,4-7H2,1-3H3,(H2,18,21). The number of nitrogens with two attached hydrogens (primary N) is 1. The first-order valence-corrected chi connectivity index (χ1v) is 7.43. The molecule has 2 rings (SSSR count). The number of halogens is 1. The van der Waals surface area contributed by atoms with Gasteiger partial charge >= 0.3 is 0 Å². The number of rotatable bonds is 4. The van der Waals surface area contributed by atoms with E-state index in [1.165, 1.54) is 6.07 Å². The second-order valence-electron chi connectivity index (χ2n) is 6.07. The Hall–Kier alpha value is -1.62. The number of primary amides is 1. The number of piperidine rings is 1. The Bertz CT molecular complexity index is 524. The highest BCUT2D eigenvalue weighted by Crippen LogP contribution is 2.26. The van der Waals surface area contributed by atoms with Crippen LogP contribution in [0.1, 0.15) is 35.7 Å². The zero-order valence-corrected chi connectivity index (χ0v) is 12.9. The predicted octanol–water partition coefficient (Wildman–Crippen LogP) is 2.38. The molecule has 1 aromatic rings. The Labute approximate surface area is 125 Å². The van der Waals surface area contributed by atoms with E-state index < -0.39 is 11.7 Å². The van der Waals surface area contributed by atoms with Crippen LogP contribution in [0.2, 0.25) is 0 Å². The molecule has 1 aliphatic heterocycles. The summed E-state index contributed by atoms with van der Waals surface area (Å²) < 4.78 is 13.9. The SMILES string of the molecule is Cc1c(F)cc(C(N)=O)cc1NC(C)C1CCN(C)CC1. The van der Waals surface area contributed by atoms with Crippen molar-refractivity contribution in [2.45, 2.75) is 32.7 Å². The first-order valence-electron chi connectivity index (χ1n) is 7.43. The lowest BCUT2D eigenvalue weighted by atomic mass is 9.90. The number of carbonyl (C=O) groups is 1. The summed E-state index contributed by atoms with van der Waals surface area (Å²) in [7, 11) is 2.13. The van der Waals surface area contributed by atoms with Gasteiger partial charge in [0.25, 0.3) is 0 Å². The first kappa shape index (κ1) is 15.8. The summed E-state index contributed by atoms with van der Waals surface area (Å²) in [5.41, 5.74) is 6.65. The minimum absolute atomic E-state index is 0.205. The van der Waals surface area contributed by atoms with Crippen molar-refractivity contribution in [3.63, 3.8) is 0 Å². The largest absolute Gasteiger partial charge is 0.382 e. The molecule has 0 bridgehead atoms. The van der Waals surface area contributed by atoms with Crippen LogP contribution in [0.3, 0.4) is 0 Å². The Balaban J connectivity index is 2.13. The van der Waals surface area contributed by atoms with Crippen LogP contribution in [0.25, 0.3) is 0 Å². The van der Waals surface area contributed by atoms with Gasteiger partial charge in [0, 0.05) is 22.9 Å². The van der Waals surface area contributed by atoms with Gasteiger partial charge in [-0.1, -0.05) is 0 Å². The van der Waals surface area contributed by atoms with Crippen LogP contribution in [-0.2, 0) is 0 Å². The van der Waals surface area contributed by atoms with Gasteiger partial charge in [0.1, 0.15) is 5.82 Å². The minimum atomic E-state index is -0.608. The summed E-state index contributed by atoms with van der Waals surface area (Å²) in [6.07, 6.45) is 2.25. The summed E-state index contributed by atoms with van der Waals surface area (Å²) in [6, 6.07) is 3.08. The maximum absolute atomic E-state index is 13.9. The van der Waals surface area contributed by atoms with E-state index in [0.29, 0.717) is 17.2 Å². The van der Waals surface area contributed by atoms with E-state index in [1.807, 2.05) is 0 Å². The number of amides is 1. The predicted molar refractivity (Wildman–Crippen MR) is 83.0 cm³/mol. The van der Waals surface area contributed by atoms with Gasteiger partial charge in [0.15, 0.2) is 0 Å². The maximum Gasteiger partial charge on any atom is 0.248 e. The Morgan fingerprint density at radius 1 is 1.43 bits per heavy atom. The average Bonchev–Trinajstić information content (AvgIpc) is 2.44. The third-order valence-corrected chi connectivity index (χ3v) is 4.48. The van der Waals surface area contributed by atoms with E-state index in [4.69, 9.17) is 5.73 Å². The molecule has 1 saturated heterocycles. The fraction of sp³-hybridized carbons (Fsp3) is 0.562. The fourth-order valence-electron chi connectivity index (χ4n) is 2.86. The molecule has 1 aromatic carbocycles. The summed E-state index contributed by atoms with van der Waals surface area (Å²) in [5, 5.41) is 3.36. The highest BCUT2D eigenvalue weighted by atomic mass is 19.1. The van der Waals surface area contributed by atoms with Crippen LogP contribution in [0.15, 0.2) is 12.1 Å². The minimum Gasteiger partial charge on any atom is -0.382 e. The summed E-state index contributed by atoms with van der Waals surface area (Å²) in [4.78, 5) is 13.6. The molecule has 5 heteroatoms. The highest BCUT2D eigenvalue weighted by molar-refractivity contribution is 5.94. The molecule has 1 amide bonds. The molecule has 21 heavy (non-hydrogen) atoms. The second-order valence-corrected chi connectivity index (χ2v) is 6.07. The summed E-state index contributed by atoms with van der Waals surface area (Å²) in [5.74, 6) is -0.450. The molecule has 1 fully saturated rings. The monoisotopic (exact) mass is 293 g/mol. The zero-order valence-electron chi connectivity index (χ0n) is 12.9. The van der Waals surface area contributed by atoms with Crippen molar-refractivity contribution in [3.8, 4) is 0 Å². The third-order valence-electron chi connectivity index (χ3n) is 4.48. The number of carbonyl (C=O) groups excluding carboxylic acids is 1. The van der Waals surface area contributed by atoms with Crippen LogP contribution >= 0.6 is 0 Å². The van der Waals surface area contributed by atoms with E-state index >= 15 is 0 Å². The Kier molecular flexibility index (Phi) is 4.83. The zero-order chi connectivity index (χ0) is 15.6. The molecule has 0 radical (unpaired) electrons. The number of hydrogen-bond donors (Lipinski definition) is 2. The van der Waals surface area contributed by atoms with Crippen LogP contribution in [0.4, 0.5) is 10.1 Å². The molecule has 0 aromatic heterocycles. The summed E-state index contributed by atoms with van der Waals surface area (Å²) in [6.45, 7) is 6.00. The number of hydrogen-bond acceptors (Lipinski definition) is 3. The Morgan fingerprint density at radius 2 is 2.05 bits per heavy atom. The van der Waals surface area contributed by atoms with E-state index in [1.54, 1.807) is 13.0 Å². The Morgan fingerprint density at radius 3 is 2.62 bits per heavy atom. The number of likely N-dealkylation sites (tertiary alicyclic amines) is 1. The lowest BCUT2D eigenvalue weighted by Gasteiger charge is -2.33. The van der Waals surface area contributed by atoms with E-state index in [2.05, 4.69) is 24.2 Å². The molecule has 4 nitrogen and oxygen atoms in total. The molecule has 1 unspecified atom stereocenters. The normalized spacial score (nSPS) is 18.5. The molecular formula is C16H24FN3O. The van der Waals surface area contributed by atoms with Crippen LogP contribution in [0.5, 0.6) is 0 Å². The van der Waals surface area contributed by atoms with Crippen LogP contribution < -0.4 is 11.1 Å². The highest BCUT2D eigenvalue weighted by Gasteiger charge is 2.23. The fourth-order valence-corrected chi connectivity index (χ4v) is 2.86. The third kappa shape index (κ3) is 3.73. The number of nitrogens with one attached hydrogen (secondary N) is 1. The van der Waals surface area contributed by atoms with Gasteiger partial charge in [0.2, 0.25) is 5.91 Å². The van der Waals surface area contributed by atoms with Gasteiger partial charge in [0.05, 0.1) is 0 Å². The van der Waals surface area contributed by atoms with Gasteiger partial charge in [-0.15, -0.1) is 0 Å². The van der Waals surface area contributed by atoms with Crippen molar-refractivity contribution >= 4 is 11.6 Å². The van der Waals surface area contributed by atoms with Crippen molar-refractivity contribution in [2.75, 3.05) is 25.5 Å². The van der Waals surface area contributed by atoms with Gasteiger partial charge in [-0.3, -0.25) is 4.79 Å². The lowest BCUT2D eigenvalue weighted by Crippen LogP contribution is -2.37. The molecule has 1 heterocycles.